The predicted molar refractivity (Wildman–Crippen MR) is 57.6 cm³/mol. The van der Waals surface area contributed by atoms with Crippen LogP contribution in [0.3, 0.4) is 0 Å². The predicted octanol–water partition coefficient (Wildman–Crippen LogP) is 2.44. The van der Waals surface area contributed by atoms with Crippen molar-refractivity contribution in [2.75, 3.05) is 5.73 Å². The fourth-order valence-corrected chi connectivity index (χ4v) is 2.14. The molecule has 0 fully saturated rings. The van der Waals surface area contributed by atoms with Crippen molar-refractivity contribution in [2.45, 2.75) is 20.0 Å². The van der Waals surface area contributed by atoms with Crippen LogP contribution in [0, 0.1) is 0 Å². The van der Waals surface area contributed by atoms with Crippen LogP contribution in [0.15, 0.2) is 18.2 Å². The van der Waals surface area contributed by atoms with Gasteiger partial charge >= 0.3 is 95.6 Å². The second kappa shape index (κ2) is 5.48. The normalized spacial score (nSPS) is 11.7. The Morgan fingerprint density at radius 1 is 1.50 bits per heavy atom. The Morgan fingerprint density at radius 3 is 2.79 bits per heavy atom. The Labute approximate surface area is 95.6 Å². The van der Waals surface area contributed by atoms with E-state index >= 15 is 0 Å². The Hall–Kier alpha value is -0.397. The maximum atomic E-state index is 5.73. The Balaban J connectivity index is 3.01. The van der Waals surface area contributed by atoms with E-state index < -0.39 is 0 Å². The van der Waals surface area contributed by atoms with Gasteiger partial charge in [-0.1, -0.05) is 0 Å². The molecule has 1 rings (SSSR count). The number of nitrogens with two attached hydrogens (primary N) is 1. The first-order valence-corrected chi connectivity index (χ1v) is 7.49. The summed E-state index contributed by atoms with van der Waals surface area (Å²) in [6.07, 6.45) is 0.164. The molecule has 0 bridgehead atoms. The topological polar surface area (TPSA) is 35.2 Å². The third-order valence-corrected chi connectivity index (χ3v) is 2.73. The molecule has 2 N–H and O–H groups in total. The molecular weight excluding hydrogens is 287 g/mol. The molecule has 0 saturated carbocycles. The first-order valence-electron chi connectivity index (χ1n) is 4.25. The molecule has 0 atom stereocenters. The summed E-state index contributed by atoms with van der Waals surface area (Å²) in [6, 6.07) is 5.60. The minimum atomic E-state index is -0.257. The Bertz CT molecular complexity index is 339. The van der Waals surface area contributed by atoms with Crippen molar-refractivity contribution in [3.05, 3.63) is 23.8 Å². The zero-order chi connectivity index (χ0) is 10.6. The van der Waals surface area contributed by atoms with E-state index in [2.05, 4.69) is 0 Å². The summed E-state index contributed by atoms with van der Waals surface area (Å²) in [5, 5.41) is 0. The van der Waals surface area contributed by atoms with Crippen LogP contribution in [0.2, 0.25) is 0 Å². The fourth-order valence-electron chi connectivity index (χ4n) is 1.05. The van der Waals surface area contributed by atoms with Crippen LogP contribution in [0.5, 0.6) is 5.75 Å². The molecule has 1 aromatic carbocycles. The van der Waals surface area contributed by atoms with E-state index in [1.165, 1.54) is 0 Å². The summed E-state index contributed by atoms with van der Waals surface area (Å²) in [5.74, 6) is 0.851. The summed E-state index contributed by atoms with van der Waals surface area (Å²) in [7, 11) is 5.73. The first-order chi connectivity index (χ1) is 6.63. The third-order valence-electron chi connectivity index (χ3n) is 1.55. The molecule has 0 unspecified atom stereocenters. The van der Waals surface area contributed by atoms with Crippen LogP contribution in [-0.2, 0) is 15.7 Å². The van der Waals surface area contributed by atoms with Crippen molar-refractivity contribution in [3.63, 3.8) is 0 Å². The molecule has 0 spiro atoms. The van der Waals surface area contributed by atoms with Crippen molar-refractivity contribution < 1.29 is 20.4 Å². The summed E-state index contributed by atoms with van der Waals surface area (Å²) in [5.41, 5.74) is 7.41. The number of nitrogen functional groups attached to an aromatic ring is 1. The second-order valence-corrected chi connectivity index (χ2v) is 4.94. The molecule has 0 radical (unpaired) electrons. The van der Waals surface area contributed by atoms with E-state index in [1.54, 1.807) is 0 Å². The molecule has 0 aliphatic heterocycles. The van der Waals surface area contributed by atoms with Crippen molar-refractivity contribution in [3.8, 4) is 5.75 Å². The molecule has 0 aromatic heterocycles. The van der Waals surface area contributed by atoms with Crippen LogP contribution in [0.4, 0.5) is 5.69 Å². The zero-order valence-electron chi connectivity index (χ0n) is 8.10. The third kappa shape index (κ3) is 3.39. The van der Waals surface area contributed by atoms with Crippen LogP contribution in [0.25, 0.3) is 0 Å². The van der Waals surface area contributed by atoms with E-state index in [0.29, 0.717) is 0 Å². The van der Waals surface area contributed by atoms with Gasteiger partial charge in [-0.15, -0.1) is 0 Å². The number of halogens is 1. The van der Waals surface area contributed by atoms with Gasteiger partial charge in [-0.2, -0.15) is 0 Å². The molecule has 0 aliphatic carbocycles. The van der Waals surface area contributed by atoms with Gasteiger partial charge in [0.25, 0.3) is 0 Å². The average molecular weight is 300 g/mol. The van der Waals surface area contributed by atoms with Crippen molar-refractivity contribution >= 4 is 20.0 Å². The number of hydrogen-bond donors (Lipinski definition) is 1. The molecule has 14 heavy (non-hydrogen) atoms. The van der Waals surface area contributed by atoms with E-state index in [4.69, 9.17) is 20.2 Å². The average Bonchev–Trinajstić information content (AvgIpc) is 2.09. The maximum absolute atomic E-state index is 5.73. The van der Waals surface area contributed by atoms with E-state index in [9.17, 15) is 0 Å². The molecular formula is C10H13ClNORu. The van der Waals surface area contributed by atoms with Crippen LogP contribution >= 0.6 is 9.69 Å². The van der Waals surface area contributed by atoms with Gasteiger partial charge in [0.2, 0.25) is 0 Å². The zero-order valence-corrected chi connectivity index (χ0v) is 10.6. The number of hydrogen-bond acceptors (Lipinski definition) is 2. The molecule has 0 aliphatic rings. The summed E-state index contributed by atoms with van der Waals surface area (Å²) in [6.45, 7) is 3.99. The van der Waals surface area contributed by atoms with E-state index in [-0.39, 0.29) is 21.8 Å². The Morgan fingerprint density at radius 2 is 2.21 bits per heavy atom. The van der Waals surface area contributed by atoms with Gasteiger partial charge in [0.05, 0.1) is 0 Å². The number of ether oxygens (including phenoxy) is 1. The fraction of sp³-hybridized carbons (Fsp3) is 0.300. The standard InChI is InChI=1S/C10H13NO.ClH.Ru/c1-7(2)12-10-5-4-9(11)6-8(10)3;;/h3-7H,11H2,1-2H3;1H;/q;;+1/p-1. The SMILES string of the molecule is CC(C)Oc1ccc(N)cc1[CH]=[Ru][Cl]. The molecule has 2 nitrogen and oxygen atoms in total. The van der Waals surface area contributed by atoms with E-state index in [1.807, 2.05) is 36.7 Å². The van der Waals surface area contributed by atoms with Crippen LogP contribution in [-0.4, -0.2) is 10.7 Å². The quantitative estimate of drug-likeness (QED) is 0.687. The molecule has 0 heterocycles. The molecule has 1 aromatic rings. The monoisotopic (exact) mass is 300 g/mol. The first kappa shape index (κ1) is 11.7. The second-order valence-electron chi connectivity index (χ2n) is 3.14. The van der Waals surface area contributed by atoms with Gasteiger partial charge < -0.3 is 0 Å². The van der Waals surface area contributed by atoms with Gasteiger partial charge in [-0.25, -0.2) is 0 Å². The number of anilines is 1. The molecule has 0 saturated heterocycles. The molecule has 79 valence electrons. The van der Waals surface area contributed by atoms with Crippen LogP contribution < -0.4 is 10.5 Å². The molecule has 0 amide bonds. The summed E-state index contributed by atoms with van der Waals surface area (Å²) in [4.78, 5) is 0. The summed E-state index contributed by atoms with van der Waals surface area (Å²) >= 11 is -0.257. The molecule has 4 heteroatoms. The Kier molecular flexibility index (Phi) is 4.57. The van der Waals surface area contributed by atoms with Crippen molar-refractivity contribution in [1.82, 2.24) is 0 Å². The van der Waals surface area contributed by atoms with Gasteiger partial charge in [-0.05, 0) is 0 Å². The van der Waals surface area contributed by atoms with Gasteiger partial charge in [-0.3, -0.25) is 0 Å². The number of benzene rings is 1. The van der Waals surface area contributed by atoms with Crippen LogP contribution in [0.1, 0.15) is 19.4 Å². The minimum absolute atomic E-state index is 0.164. The van der Waals surface area contributed by atoms with Gasteiger partial charge in [0.1, 0.15) is 0 Å². The van der Waals surface area contributed by atoms with Gasteiger partial charge in [0, 0.05) is 0 Å². The van der Waals surface area contributed by atoms with Crippen molar-refractivity contribution in [2.24, 2.45) is 0 Å². The van der Waals surface area contributed by atoms with E-state index in [0.717, 1.165) is 17.0 Å². The van der Waals surface area contributed by atoms with Crippen molar-refractivity contribution in [1.29, 1.82) is 0 Å². The summed E-state index contributed by atoms with van der Waals surface area (Å²) < 4.78 is 7.60. The number of rotatable bonds is 3. The van der Waals surface area contributed by atoms with Gasteiger partial charge in [0.15, 0.2) is 0 Å².